The Balaban J connectivity index is 2.23. The predicted molar refractivity (Wildman–Crippen MR) is 75.7 cm³/mol. The molecule has 1 amide bonds. The summed E-state index contributed by atoms with van der Waals surface area (Å²) in [6.07, 6.45) is 0. The molecule has 0 fully saturated rings. The second-order valence-corrected chi connectivity index (χ2v) is 5.01. The van der Waals surface area contributed by atoms with Crippen molar-refractivity contribution in [3.05, 3.63) is 23.3 Å². The molecule has 2 aromatic rings. The van der Waals surface area contributed by atoms with Crippen LogP contribution in [-0.2, 0) is 13.6 Å². The van der Waals surface area contributed by atoms with Crippen LogP contribution in [0.5, 0.6) is 0 Å². The summed E-state index contributed by atoms with van der Waals surface area (Å²) >= 11 is 0. The Bertz CT molecular complexity index is 625. The Labute approximate surface area is 118 Å². The van der Waals surface area contributed by atoms with Crippen molar-refractivity contribution in [2.45, 2.75) is 40.2 Å². The number of nitrogens with zero attached hydrogens (tertiary/aromatic N) is 5. The molecule has 0 aliphatic carbocycles. The van der Waals surface area contributed by atoms with Gasteiger partial charge in [0, 0.05) is 19.5 Å². The van der Waals surface area contributed by atoms with Gasteiger partial charge in [0.05, 0.1) is 5.69 Å². The molecule has 7 nitrogen and oxygen atoms in total. The molecule has 0 saturated carbocycles. The maximum atomic E-state index is 12.3. The Morgan fingerprint density at radius 1 is 1.40 bits per heavy atom. The first-order valence-electron chi connectivity index (χ1n) is 6.69. The highest BCUT2D eigenvalue weighted by Gasteiger charge is 2.17. The minimum Gasteiger partial charge on any atom is -0.289 e. The van der Waals surface area contributed by atoms with Gasteiger partial charge in [0.15, 0.2) is 5.82 Å². The first-order valence-corrected chi connectivity index (χ1v) is 6.69. The molecule has 2 heterocycles. The molecule has 0 unspecified atom stereocenters. The van der Waals surface area contributed by atoms with Crippen LogP contribution in [0.25, 0.3) is 0 Å². The van der Waals surface area contributed by atoms with Crippen molar-refractivity contribution in [2.75, 3.05) is 5.32 Å². The van der Waals surface area contributed by atoms with Gasteiger partial charge in [0.1, 0.15) is 5.69 Å². The van der Waals surface area contributed by atoms with Crippen molar-refractivity contribution < 1.29 is 4.79 Å². The molecule has 2 aromatic heterocycles. The van der Waals surface area contributed by atoms with Gasteiger partial charge in [-0.1, -0.05) is 13.8 Å². The highest BCUT2D eigenvalue weighted by Crippen LogP contribution is 2.13. The van der Waals surface area contributed by atoms with Crippen LogP contribution in [0.3, 0.4) is 0 Å². The van der Waals surface area contributed by atoms with Crippen molar-refractivity contribution >= 4 is 11.9 Å². The Kier molecular flexibility index (Phi) is 3.87. The standard InChI is InChI=1S/C13H20N6O/c1-6-19-10(7-9(4)16-19)12(20)15-13-14-11(8(2)3)17-18(13)5/h7-8H,6H2,1-5H3,(H,14,15,17,20). The summed E-state index contributed by atoms with van der Waals surface area (Å²) in [5, 5.41) is 11.3. The van der Waals surface area contributed by atoms with E-state index in [0.29, 0.717) is 24.0 Å². The number of anilines is 1. The topological polar surface area (TPSA) is 77.6 Å². The van der Waals surface area contributed by atoms with E-state index < -0.39 is 0 Å². The molecule has 108 valence electrons. The molecule has 7 heteroatoms. The number of aryl methyl sites for hydroxylation is 3. The number of hydrogen-bond donors (Lipinski definition) is 1. The van der Waals surface area contributed by atoms with Gasteiger partial charge in [-0.05, 0) is 19.9 Å². The fourth-order valence-corrected chi connectivity index (χ4v) is 1.89. The SMILES string of the molecule is CCn1nc(C)cc1C(=O)Nc1nc(C(C)C)nn1C. The Morgan fingerprint density at radius 3 is 2.65 bits per heavy atom. The van der Waals surface area contributed by atoms with E-state index in [1.165, 1.54) is 0 Å². The summed E-state index contributed by atoms with van der Waals surface area (Å²) in [5.74, 6) is 1.15. The van der Waals surface area contributed by atoms with Crippen LogP contribution in [0.4, 0.5) is 5.95 Å². The number of rotatable bonds is 4. The second-order valence-electron chi connectivity index (χ2n) is 5.01. The summed E-state index contributed by atoms with van der Waals surface area (Å²) in [5.41, 5.74) is 1.34. The molecule has 2 rings (SSSR count). The summed E-state index contributed by atoms with van der Waals surface area (Å²) in [7, 11) is 1.76. The zero-order valence-electron chi connectivity index (χ0n) is 12.5. The maximum Gasteiger partial charge on any atom is 0.276 e. The molecule has 0 saturated heterocycles. The smallest absolute Gasteiger partial charge is 0.276 e. The minimum atomic E-state index is -0.224. The van der Waals surface area contributed by atoms with E-state index in [1.54, 1.807) is 22.5 Å². The van der Waals surface area contributed by atoms with Gasteiger partial charge >= 0.3 is 0 Å². The quantitative estimate of drug-likeness (QED) is 0.922. The predicted octanol–water partition coefficient (Wildman–Crippen LogP) is 1.72. The lowest BCUT2D eigenvalue weighted by molar-refractivity contribution is 0.101. The van der Waals surface area contributed by atoms with E-state index in [2.05, 4.69) is 20.5 Å². The summed E-state index contributed by atoms with van der Waals surface area (Å²) in [6, 6.07) is 1.76. The van der Waals surface area contributed by atoms with E-state index in [0.717, 1.165) is 5.69 Å². The normalized spacial score (nSPS) is 11.1. The molecule has 0 bridgehead atoms. The molecule has 0 atom stereocenters. The van der Waals surface area contributed by atoms with Crippen LogP contribution < -0.4 is 5.32 Å². The number of nitrogens with one attached hydrogen (secondary N) is 1. The molecule has 0 aliphatic rings. The monoisotopic (exact) mass is 276 g/mol. The highest BCUT2D eigenvalue weighted by molar-refractivity contribution is 6.02. The van der Waals surface area contributed by atoms with E-state index >= 15 is 0 Å². The molecule has 0 spiro atoms. The number of hydrogen-bond acceptors (Lipinski definition) is 4. The van der Waals surface area contributed by atoms with Crippen LogP contribution in [0.1, 0.15) is 48.7 Å². The lowest BCUT2D eigenvalue weighted by atomic mass is 10.2. The van der Waals surface area contributed by atoms with Gasteiger partial charge in [-0.15, -0.1) is 0 Å². The fraction of sp³-hybridized carbons (Fsp3) is 0.538. The summed E-state index contributed by atoms with van der Waals surface area (Å²) < 4.78 is 3.25. The van der Waals surface area contributed by atoms with Crippen LogP contribution in [0.15, 0.2) is 6.07 Å². The largest absolute Gasteiger partial charge is 0.289 e. The molecule has 1 N–H and O–H groups in total. The number of carbonyl (C=O) groups is 1. The van der Waals surface area contributed by atoms with Crippen molar-refractivity contribution in [1.82, 2.24) is 24.5 Å². The summed E-state index contributed by atoms with van der Waals surface area (Å²) in [4.78, 5) is 16.6. The maximum absolute atomic E-state index is 12.3. The van der Waals surface area contributed by atoms with E-state index in [9.17, 15) is 4.79 Å². The zero-order valence-corrected chi connectivity index (χ0v) is 12.5. The summed E-state index contributed by atoms with van der Waals surface area (Å²) in [6.45, 7) is 8.48. The lowest BCUT2D eigenvalue weighted by Gasteiger charge is -2.05. The second kappa shape index (κ2) is 5.44. The van der Waals surface area contributed by atoms with Gasteiger partial charge in [0.2, 0.25) is 5.95 Å². The minimum absolute atomic E-state index is 0.218. The van der Waals surface area contributed by atoms with Crippen molar-refractivity contribution in [2.24, 2.45) is 7.05 Å². The van der Waals surface area contributed by atoms with Crippen molar-refractivity contribution in [1.29, 1.82) is 0 Å². The van der Waals surface area contributed by atoms with Gasteiger partial charge in [-0.3, -0.25) is 14.8 Å². The van der Waals surface area contributed by atoms with Crippen molar-refractivity contribution in [3.63, 3.8) is 0 Å². The highest BCUT2D eigenvalue weighted by atomic mass is 16.2. The van der Waals surface area contributed by atoms with Crippen molar-refractivity contribution in [3.8, 4) is 0 Å². The molecule has 0 radical (unpaired) electrons. The number of carbonyl (C=O) groups excluding carboxylic acids is 1. The first-order chi connectivity index (χ1) is 9.42. The van der Waals surface area contributed by atoms with Crippen LogP contribution in [0, 0.1) is 6.92 Å². The molecule has 20 heavy (non-hydrogen) atoms. The molecule has 0 aromatic carbocycles. The molecular weight excluding hydrogens is 256 g/mol. The van der Waals surface area contributed by atoms with Crippen LogP contribution in [0.2, 0.25) is 0 Å². The zero-order chi connectivity index (χ0) is 14.9. The van der Waals surface area contributed by atoms with Gasteiger partial charge in [-0.2, -0.15) is 15.2 Å². The van der Waals surface area contributed by atoms with Gasteiger partial charge in [0.25, 0.3) is 5.91 Å². The molecule has 0 aliphatic heterocycles. The Morgan fingerprint density at radius 2 is 2.10 bits per heavy atom. The molecular formula is C13H20N6O. The van der Waals surface area contributed by atoms with Crippen LogP contribution in [-0.4, -0.2) is 30.5 Å². The van der Waals surface area contributed by atoms with E-state index in [-0.39, 0.29) is 11.8 Å². The first kappa shape index (κ1) is 14.2. The van der Waals surface area contributed by atoms with E-state index in [1.807, 2.05) is 27.7 Å². The third-order valence-corrected chi connectivity index (χ3v) is 2.96. The van der Waals surface area contributed by atoms with E-state index in [4.69, 9.17) is 0 Å². The average molecular weight is 276 g/mol. The fourth-order valence-electron chi connectivity index (χ4n) is 1.89. The van der Waals surface area contributed by atoms with Crippen LogP contribution >= 0.6 is 0 Å². The third-order valence-electron chi connectivity index (χ3n) is 2.96. The number of aromatic nitrogens is 5. The average Bonchev–Trinajstić information content (AvgIpc) is 2.93. The Hall–Kier alpha value is -2.18. The third kappa shape index (κ3) is 2.71. The van der Waals surface area contributed by atoms with Gasteiger partial charge < -0.3 is 0 Å². The number of amides is 1. The van der Waals surface area contributed by atoms with Gasteiger partial charge in [-0.25, -0.2) is 4.68 Å². The lowest BCUT2D eigenvalue weighted by Crippen LogP contribution is -2.19.